The third kappa shape index (κ3) is 32.9. The maximum absolute atomic E-state index is 12.6. The first-order valence-corrected chi connectivity index (χ1v) is 23.4. The molecule has 7 nitrogen and oxygen atoms in total. The molecule has 0 spiro atoms. The van der Waals surface area contributed by atoms with Crippen molar-refractivity contribution in [1.82, 2.24) is 9.80 Å². The van der Waals surface area contributed by atoms with Crippen LogP contribution in [0.15, 0.2) is 24.3 Å². The van der Waals surface area contributed by atoms with Gasteiger partial charge in [-0.05, 0) is 71.3 Å². The molecule has 54 heavy (non-hydrogen) atoms. The zero-order valence-electron chi connectivity index (χ0n) is 36.2. The Morgan fingerprint density at radius 1 is 0.537 bits per heavy atom. The van der Waals surface area contributed by atoms with Crippen LogP contribution >= 0.6 is 0 Å². The van der Waals surface area contributed by atoms with E-state index in [1.807, 2.05) is 0 Å². The Labute approximate surface area is 336 Å². The molecule has 0 aromatic heterocycles. The van der Waals surface area contributed by atoms with Crippen molar-refractivity contribution in [2.45, 2.75) is 206 Å². The van der Waals surface area contributed by atoms with E-state index in [4.69, 9.17) is 19.9 Å². The highest BCUT2D eigenvalue weighted by Gasteiger charge is 2.29. The number of carbonyl (C=O) groups is 1. The monoisotopic (exact) mass is 762 g/mol. The summed E-state index contributed by atoms with van der Waals surface area (Å²) < 4.78 is 18.5. The summed E-state index contributed by atoms with van der Waals surface area (Å²) in [5, 5.41) is 0. The number of ether oxygens (including phenoxy) is 3. The van der Waals surface area contributed by atoms with E-state index in [1.165, 1.54) is 154 Å². The standard InChI is InChI=1S/C47H91N3O4/c1-4-6-8-10-12-14-16-18-20-22-24-26-28-30-32-34-41-53-45(44-52-43-40-50-38-36-49(3)37-39-50)46(47(48)51)54-42-35-33-31-29-27-25-23-21-19-17-15-13-11-9-7-5-2/h18-21,45-46H,4-17,22-44H2,1-3H3,(H2,48,51)/b20-18-,21-19-. The number of allylic oxidation sites excluding steroid dienone is 4. The number of unbranched alkanes of at least 4 members (excludes halogenated alkanes) is 24. The second-order valence-electron chi connectivity index (χ2n) is 16.2. The van der Waals surface area contributed by atoms with E-state index >= 15 is 0 Å². The third-order valence-electron chi connectivity index (χ3n) is 11.0. The van der Waals surface area contributed by atoms with Gasteiger partial charge in [0.2, 0.25) is 5.91 Å². The first-order valence-electron chi connectivity index (χ1n) is 23.4. The van der Waals surface area contributed by atoms with E-state index in [0.29, 0.717) is 26.4 Å². The Morgan fingerprint density at radius 2 is 0.926 bits per heavy atom. The van der Waals surface area contributed by atoms with E-state index in [9.17, 15) is 4.79 Å². The van der Waals surface area contributed by atoms with Crippen LogP contribution in [0.3, 0.4) is 0 Å². The Kier molecular flexibility index (Phi) is 37.6. The lowest BCUT2D eigenvalue weighted by Crippen LogP contribution is -2.47. The Bertz CT molecular complexity index is 845. The molecule has 1 aliphatic heterocycles. The van der Waals surface area contributed by atoms with E-state index < -0.39 is 18.1 Å². The van der Waals surface area contributed by atoms with Crippen LogP contribution in [0.4, 0.5) is 0 Å². The molecule has 0 aromatic carbocycles. The van der Waals surface area contributed by atoms with E-state index in [0.717, 1.165) is 58.4 Å². The van der Waals surface area contributed by atoms with Crippen LogP contribution in [0, 0.1) is 0 Å². The highest BCUT2D eigenvalue weighted by molar-refractivity contribution is 5.79. The molecule has 7 heteroatoms. The minimum atomic E-state index is -0.772. The molecule has 2 unspecified atom stereocenters. The normalized spacial score (nSPS) is 15.5. The number of piperazine rings is 1. The van der Waals surface area contributed by atoms with Crippen molar-refractivity contribution in [3.8, 4) is 0 Å². The van der Waals surface area contributed by atoms with Gasteiger partial charge in [0.25, 0.3) is 0 Å². The average Bonchev–Trinajstić information content (AvgIpc) is 3.17. The quantitative estimate of drug-likeness (QED) is 0.0494. The summed E-state index contributed by atoms with van der Waals surface area (Å²) in [5.74, 6) is -0.451. The van der Waals surface area contributed by atoms with Crippen LogP contribution in [0.1, 0.15) is 194 Å². The predicted molar refractivity (Wildman–Crippen MR) is 232 cm³/mol. The Balaban J connectivity index is 2.26. The molecule has 318 valence electrons. The third-order valence-corrected chi connectivity index (χ3v) is 11.0. The summed E-state index contributed by atoms with van der Waals surface area (Å²) in [7, 11) is 2.18. The molecule has 2 atom stereocenters. The van der Waals surface area contributed by atoms with Crippen molar-refractivity contribution in [2.24, 2.45) is 5.73 Å². The van der Waals surface area contributed by atoms with E-state index in [1.54, 1.807) is 0 Å². The molecule has 1 rings (SSSR count). The minimum Gasteiger partial charge on any atom is -0.377 e. The number of hydrogen-bond donors (Lipinski definition) is 1. The van der Waals surface area contributed by atoms with Gasteiger partial charge in [-0.1, -0.05) is 154 Å². The van der Waals surface area contributed by atoms with Crippen molar-refractivity contribution < 1.29 is 19.0 Å². The van der Waals surface area contributed by atoms with Gasteiger partial charge in [0.05, 0.1) is 13.2 Å². The fourth-order valence-electron chi connectivity index (χ4n) is 7.20. The molecule has 0 aromatic rings. The van der Waals surface area contributed by atoms with Gasteiger partial charge >= 0.3 is 0 Å². The summed E-state index contributed by atoms with van der Waals surface area (Å²) in [6, 6.07) is 0. The summed E-state index contributed by atoms with van der Waals surface area (Å²) >= 11 is 0. The number of primary amides is 1. The van der Waals surface area contributed by atoms with Crippen molar-refractivity contribution >= 4 is 5.91 Å². The van der Waals surface area contributed by atoms with Crippen LogP contribution in [0.2, 0.25) is 0 Å². The van der Waals surface area contributed by atoms with E-state index in [-0.39, 0.29) is 0 Å². The molecular weight excluding hydrogens is 671 g/mol. The lowest BCUT2D eigenvalue weighted by molar-refractivity contribution is -0.148. The van der Waals surface area contributed by atoms with Gasteiger partial charge in [0.15, 0.2) is 6.10 Å². The number of carbonyl (C=O) groups excluding carboxylic acids is 1. The summed E-state index contributed by atoms with van der Waals surface area (Å²) in [6.45, 7) is 11.9. The Hall–Kier alpha value is -1.25. The van der Waals surface area contributed by atoms with Crippen LogP contribution in [-0.4, -0.2) is 94.1 Å². The molecule has 0 saturated carbocycles. The predicted octanol–water partition coefficient (Wildman–Crippen LogP) is 11.6. The van der Waals surface area contributed by atoms with Crippen molar-refractivity contribution in [1.29, 1.82) is 0 Å². The fraction of sp³-hybridized carbons (Fsp3) is 0.894. The smallest absolute Gasteiger partial charge is 0.249 e. The number of amides is 1. The SMILES string of the molecule is CCCCCCCC/C=C\CCCCCCCCOC(COCCN1CCN(C)CC1)C(OCCCCCCCC/C=C\CCCCCCCC)C(N)=O. The molecule has 2 N–H and O–H groups in total. The Morgan fingerprint density at radius 3 is 1.35 bits per heavy atom. The molecule has 1 amide bonds. The van der Waals surface area contributed by atoms with Crippen LogP contribution in [-0.2, 0) is 19.0 Å². The van der Waals surface area contributed by atoms with E-state index in [2.05, 4.69) is 55.0 Å². The molecule has 1 aliphatic rings. The zero-order valence-corrected chi connectivity index (χ0v) is 36.2. The molecule has 0 bridgehead atoms. The number of nitrogens with two attached hydrogens (primary N) is 1. The van der Waals surface area contributed by atoms with Crippen LogP contribution in [0.5, 0.6) is 0 Å². The summed E-state index contributed by atoms with van der Waals surface area (Å²) in [5.41, 5.74) is 5.89. The molecule has 1 saturated heterocycles. The van der Waals surface area contributed by atoms with Crippen LogP contribution in [0.25, 0.3) is 0 Å². The van der Waals surface area contributed by atoms with Gasteiger partial charge in [-0.25, -0.2) is 0 Å². The van der Waals surface area contributed by atoms with Gasteiger partial charge in [0, 0.05) is 45.9 Å². The minimum absolute atomic E-state index is 0.334. The second-order valence-corrected chi connectivity index (χ2v) is 16.2. The molecule has 0 aliphatic carbocycles. The second kappa shape index (κ2) is 40.0. The van der Waals surface area contributed by atoms with Crippen molar-refractivity contribution in [3.05, 3.63) is 24.3 Å². The maximum Gasteiger partial charge on any atom is 0.249 e. The number of nitrogens with zero attached hydrogens (tertiary/aromatic N) is 2. The fourth-order valence-corrected chi connectivity index (χ4v) is 7.20. The van der Waals surface area contributed by atoms with Crippen LogP contribution < -0.4 is 5.73 Å². The maximum atomic E-state index is 12.6. The molecule has 1 heterocycles. The molecule has 0 radical (unpaired) electrons. The average molecular weight is 762 g/mol. The van der Waals surface area contributed by atoms with Crippen molar-refractivity contribution in [2.75, 3.05) is 66.2 Å². The highest BCUT2D eigenvalue weighted by Crippen LogP contribution is 2.14. The number of rotatable bonds is 41. The number of likely N-dealkylation sites (N-methyl/N-ethyl adjacent to an activating group) is 1. The first-order chi connectivity index (χ1) is 26.6. The molecular formula is C47H91N3O4. The molecule has 1 fully saturated rings. The lowest BCUT2D eigenvalue weighted by atomic mass is 10.1. The summed E-state index contributed by atoms with van der Waals surface area (Å²) in [6.07, 6.45) is 44.0. The lowest BCUT2D eigenvalue weighted by Gasteiger charge is -2.32. The highest BCUT2D eigenvalue weighted by atomic mass is 16.6. The van der Waals surface area contributed by atoms with Gasteiger partial charge in [-0.15, -0.1) is 0 Å². The van der Waals surface area contributed by atoms with Gasteiger partial charge < -0.3 is 24.8 Å². The zero-order chi connectivity index (χ0) is 39.0. The van der Waals surface area contributed by atoms with Gasteiger partial charge in [-0.2, -0.15) is 0 Å². The first kappa shape index (κ1) is 50.8. The largest absolute Gasteiger partial charge is 0.377 e. The van der Waals surface area contributed by atoms with Crippen molar-refractivity contribution in [3.63, 3.8) is 0 Å². The summed E-state index contributed by atoms with van der Waals surface area (Å²) in [4.78, 5) is 17.4. The van der Waals surface area contributed by atoms with Gasteiger partial charge in [-0.3, -0.25) is 9.69 Å². The topological polar surface area (TPSA) is 77.3 Å². The van der Waals surface area contributed by atoms with Gasteiger partial charge in [0.1, 0.15) is 6.10 Å². The number of hydrogen-bond acceptors (Lipinski definition) is 6.